The molecule has 1 rings (SSSR count). The van der Waals surface area contributed by atoms with Gasteiger partial charge in [-0.1, -0.05) is 77.0 Å². The third-order valence-electron chi connectivity index (χ3n) is 5.95. The van der Waals surface area contributed by atoms with Crippen LogP contribution in [-0.4, -0.2) is 56.1 Å². The Bertz CT molecular complexity index is 1120. The van der Waals surface area contributed by atoms with Crippen molar-refractivity contribution < 1.29 is 26.7 Å². The number of amides is 3. The first-order valence-electron chi connectivity index (χ1n) is 13.5. The first-order chi connectivity index (χ1) is 18.6. The topological polar surface area (TPSA) is 170 Å². The molecule has 0 unspecified atom stereocenters. The van der Waals surface area contributed by atoms with Gasteiger partial charge >= 0.3 is 10.2 Å². The zero-order valence-electron chi connectivity index (χ0n) is 24.1. The van der Waals surface area contributed by atoms with Crippen molar-refractivity contribution in [2.75, 3.05) is 5.75 Å². The van der Waals surface area contributed by atoms with E-state index in [0.717, 1.165) is 5.56 Å². The van der Waals surface area contributed by atoms with E-state index in [-0.39, 0.29) is 43.4 Å². The van der Waals surface area contributed by atoms with Gasteiger partial charge in [-0.2, -0.15) is 8.42 Å². The number of nitrogens with one attached hydrogen (secondary N) is 3. The van der Waals surface area contributed by atoms with Crippen molar-refractivity contribution in [2.45, 2.75) is 91.4 Å². The second-order valence-electron chi connectivity index (χ2n) is 11.3. The minimum Gasteiger partial charge on any atom is -0.350 e. The number of azide groups is 1. The molecule has 40 heavy (non-hydrogen) atoms. The van der Waals surface area contributed by atoms with Crippen LogP contribution in [0.2, 0.25) is 0 Å². The van der Waals surface area contributed by atoms with E-state index in [1.165, 1.54) is 0 Å². The summed E-state index contributed by atoms with van der Waals surface area (Å²) in [6.07, 6.45) is 0.843. The molecule has 0 aliphatic carbocycles. The van der Waals surface area contributed by atoms with Crippen molar-refractivity contribution in [3.63, 3.8) is 0 Å². The molecule has 0 aliphatic rings. The van der Waals surface area contributed by atoms with Crippen LogP contribution in [0.5, 0.6) is 0 Å². The van der Waals surface area contributed by atoms with E-state index < -0.39 is 57.9 Å². The Labute approximate surface area is 236 Å². The van der Waals surface area contributed by atoms with Crippen LogP contribution >= 0.6 is 0 Å². The number of nitrogens with zero attached hydrogens (tertiary/aromatic N) is 3. The number of carbonyl (C=O) groups excluding carboxylic acids is 3. The summed E-state index contributed by atoms with van der Waals surface area (Å²) in [5.74, 6) is -2.79. The smallest absolute Gasteiger partial charge is 0.304 e. The van der Waals surface area contributed by atoms with Crippen molar-refractivity contribution in [2.24, 2.45) is 22.9 Å². The molecule has 3 amide bonds. The van der Waals surface area contributed by atoms with Crippen molar-refractivity contribution in [3.8, 4) is 0 Å². The van der Waals surface area contributed by atoms with Crippen molar-refractivity contribution >= 4 is 27.9 Å². The zero-order valence-corrected chi connectivity index (χ0v) is 24.9. The second kappa shape index (κ2) is 16.8. The number of hydrogen-bond donors (Lipinski definition) is 3. The van der Waals surface area contributed by atoms with E-state index in [0.29, 0.717) is 0 Å². The molecule has 13 heteroatoms. The summed E-state index contributed by atoms with van der Waals surface area (Å²) >= 11 is 0. The molecule has 0 radical (unpaired) electrons. The van der Waals surface area contributed by atoms with Gasteiger partial charge in [-0.15, -0.1) is 3.89 Å². The first-order valence-corrected chi connectivity index (χ1v) is 15.1. The predicted octanol–water partition coefficient (Wildman–Crippen LogP) is 3.80. The minimum atomic E-state index is -4.85. The molecule has 1 aromatic carbocycles. The summed E-state index contributed by atoms with van der Waals surface area (Å²) in [5, 5.41) is 11.6. The summed E-state index contributed by atoms with van der Waals surface area (Å²) in [7, 11) is -4.85. The van der Waals surface area contributed by atoms with Crippen LogP contribution in [0, 0.1) is 17.8 Å². The largest absolute Gasteiger partial charge is 0.350 e. The molecule has 0 aromatic heterocycles. The van der Waals surface area contributed by atoms with Gasteiger partial charge in [-0.25, -0.2) is 0 Å². The van der Waals surface area contributed by atoms with Crippen molar-refractivity contribution in [1.82, 2.24) is 16.0 Å². The minimum absolute atomic E-state index is 0.00866. The molecule has 0 bridgehead atoms. The molecule has 224 valence electrons. The quantitative estimate of drug-likeness (QED) is 0.110. The SMILES string of the molecule is CC(C)C[C@@H](CS(=O)(=O)F)NC(=O)[C@H](CC(C)C)NC(=O)[C@H](CC(C)C)NC(=O)[C@H](Cc1ccccc1)N=[N+]=[N-]. The van der Waals surface area contributed by atoms with Gasteiger partial charge in [0.15, 0.2) is 0 Å². The molecule has 0 fully saturated rings. The molecule has 11 nitrogen and oxygen atoms in total. The van der Waals surface area contributed by atoms with Gasteiger partial charge in [-0.3, -0.25) is 14.4 Å². The number of carbonyl (C=O) groups is 3. The fourth-order valence-electron chi connectivity index (χ4n) is 4.31. The van der Waals surface area contributed by atoms with Crippen LogP contribution in [0.1, 0.15) is 66.4 Å². The van der Waals surface area contributed by atoms with Gasteiger partial charge in [0.2, 0.25) is 17.7 Å². The summed E-state index contributed by atoms with van der Waals surface area (Å²) in [6.45, 7) is 11.1. The highest BCUT2D eigenvalue weighted by molar-refractivity contribution is 7.86. The Kier molecular flexibility index (Phi) is 14.6. The highest BCUT2D eigenvalue weighted by Gasteiger charge is 2.31. The highest BCUT2D eigenvalue weighted by Crippen LogP contribution is 2.13. The van der Waals surface area contributed by atoms with E-state index in [2.05, 4.69) is 26.0 Å². The molecule has 0 spiro atoms. The van der Waals surface area contributed by atoms with Crippen LogP contribution in [0.15, 0.2) is 35.4 Å². The Morgan fingerprint density at radius 2 is 1.30 bits per heavy atom. The monoisotopic (exact) mass is 582 g/mol. The lowest BCUT2D eigenvalue weighted by molar-refractivity contribution is -0.133. The predicted molar refractivity (Wildman–Crippen MR) is 152 cm³/mol. The van der Waals surface area contributed by atoms with Crippen molar-refractivity contribution in [3.05, 3.63) is 46.3 Å². The molecule has 0 saturated heterocycles. The van der Waals surface area contributed by atoms with Gasteiger partial charge in [0.05, 0.1) is 0 Å². The first kappa shape index (κ1) is 34.8. The maximum Gasteiger partial charge on any atom is 0.304 e. The molecule has 3 N–H and O–H groups in total. The lowest BCUT2D eigenvalue weighted by Crippen LogP contribution is -2.56. The number of halogens is 1. The Morgan fingerprint density at radius 1 is 0.825 bits per heavy atom. The van der Waals surface area contributed by atoms with Gasteiger partial charge in [0, 0.05) is 11.0 Å². The molecule has 0 heterocycles. The zero-order chi connectivity index (χ0) is 30.5. The van der Waals surface area contributed by atoms with Crippen LogP contribution < -0.4 is 16.0 Å². The van der Waals surface area contributed by atoms with E-state index in [4.69, 9.17) is 5.53 Å². The van der Waals surface area contributed by atoms with E-state index in [1.807, 2.05) is 47.6 Å². The number of benzene rings is 1. The van der Waals surface area contributed by atoms with Crippen LogP contribution in [0.25, 0.3) is 10.4 Å². The standard InChI is InChI=1S/C27H43FN6O5S/c1-17(2)12-21(16-40(28,38)39)30-25(35)22(13-18(3)4)31-26(36)23(14-19(5)6)32-27(37)24(33-34-29)15-20-10-8-7-9-11-20/h7-11,17-19,21-24H,12-16H2,1-6H3,(H,30,35)(H,31,36)(H,32,37)/t21-,22-,23-,24-/m0/s1. The molecular weight excluding hydrogens is 539 g/mol. The fraction of sp³-hybridized carbons (Fsp3) is 0.667. The maximum absolute atomic E-state index is 13.4. The highest BCUT2D eigenvalue weighted by atomic mass is 32.3. The Morgan fingerprint density at radius 3 is 1.75 bits per heavy atom. The summed E-state index contributed by atoms with van der Waals surface area (Å²) in [5.41, 5.74) is 9.78. The van der Waals surface area contributed by atoms with Gasteiger partial charge in [0.1, 0.15) is 23.9 Å². The lowest BCUT2D eigenvalue weighted by atomic mass is 9.98. The number of rotatable bonds is 17. The fourth-order valence-corrected chi connectivity index (χ4v) is 5.01. The van der Waals surface area contributed by atoms with Crippen LogP contribution in [-0.2, 0) is 31.0 Å². The van der Waals surface area contributed by atoms with E-state index >= 15 is 0 Å². The van der Waals surface area contributed by atoms with Gasteiger partial charge in [-0.05, 0) is 54.5 Å². The molecule has 0 saturated carbocycles. The van der Waals surface area contributed by atoms with Crippen molar-refractivity contribution in [1.29, 1.82) is 0 Å². The van der Waals surface area contributed by atoms with E-state index in [9.17, 15) is 26.7 Å². The summed E-state index contributed by atoms with van der Waals surface area (Å²) in [4.78, 5) is 42.4. The summed E-state index contributed by atoms with van der Waals surface area (Å²) < 4.78 is 36.0. The molecule has 4 atom stereocenters. The Hall–Kier alpha value is -3.18. The normalized spacial score (nSPS) is 14.7. The third-order valence-corrected chi connectivity index (χ3v) is 6.75. The molecule has 1 aromatic rings. The average Bonchev–Trinajstić information content (AvgIpc) is 2.81. The van der Waals surface area contributed by atoms with Gasteiger partial charge in [0.25, 0.3) is 0 Å². The third kappa shape index (κ3) is 14.3. The maximum atomic E-state index is 13.4. The second-order valence-corrected chi connectivity index (χ2v) is 12.7. The lowest BCUT2D eigenvalue weighted by Gasteiger charge is -2.27. The Balaban J connectivity index is 3.12. The van der Waals surface area contributed by atoms with Crippen LogP contribution in [0.3, 0.4) is 0 Å². The molecule has 0 aliphatic heterocycles. The number of hydrogen-bond acceptors (Lipinski definition) is 6. The van der Waals surface area contributed by atoms with E-state index in [1.54, 1.807) is 24.3 Å². The average molecular weight is 583 g/mol. The summed E-state index contributed by atoms with van der Waals surface area (Å²) in [6, 6.07) is 4.86. The van der Waals surface area contributed by atoms with Crippen LogP contribution in [0.4, 0.5) is 3.89 Å². The van der Waals surface area contributed by atoms with Gasteiger partial charge < -0.3 is 16.0 Å². The molecular formula is C27H43FN6O5S.